The molecule has 0 aromatic heterocycles. The van der Waals surface area contributed by atoms with Crippen LogP contribution in [0, 0.1) is 5.82 Å². The van der Waals surface area contributed by atoms with Gasteiger partial charge in [-0.2, -0.15) is 0 Å². The van der Waals surface area contributed by atoms with Crippen LogP contribution in [0.1, 0.15) is 6.42 Å². The molecule has 1 rings (SSSR count). The maximum absolute atomic E-state index is 12.9. The fraction of sp³-hybridized carbons (Fsp3) is 0.333. The fourth-order valence-corrected chi connectivity index (χ4v) is 2.29. The number of benzene rings is 1. The van der Waals surface area contributed by atoms with E-state index >= 15 is 0 Å². The number of nitrogens with one attached hydrogen (secondary N) is 1. The molecule has 0 aliphatic carbocycles. The minimum atomic E-state index is -0.176. The largest absolute Gasteiger partial charge is 0.316 e. The lowest BCUT2D eigenvalue weighted by Gasteiger charge is -2.13. The summed E-state index contributed by atoms with van der Waals surface area (Å²) in [7, 11) is 1.93. The van der Waals surface area contributed by atoms with Crippen LogP contribution < -0.4 is 5.32 Å². The second-order valence-corrected chi connectivity index (χ2v) is 4.37. The smallest absolute Gasteiger partial charge is 0.124 e. The van der Waals surface area contributed by atoms with E-state index in [9.17, 15) is 4.39 Å². The van der Waals surface area contributed by atoms with Crippen LogP contribution in [0.3, 0.4) is 0 Å². The van der Waals surface area contributed by atoms with Crippen LogP contribution in [0.4, 0.5) is 4.39 Å². The Hall–Kier alpha value is -0.800. The molecule has 0 heterocycles. The first-order valence-electron chi connectivity index (χ1n) is 4.92. The average molecular weight is 225 g/mol. The third kappa shape index (κ3) is 4.49. The summed E-state index contributed by atoms with van der Waals surface area (Å²) < 4.78 is 12.9. The van der Waals surface area contributed by atoms with Crippen LogP contribution in [0.2, 0.25) is 0 Å². The Morgan fingerprint density at radius 1 is 1.60 bits per heavy atom. The predicted octanol–water partition coefficient (Wildman–Crippen LogP) is 3.08. The lowest BCUT2D eigenvalue weighted by atomic mass is 10.2. The van der Waals surface area contributed by atoms with Gasteiger partial charge in [-0.25, -0.2) is 4.39 Å². The molecule has 0 aliphatic heterocycles. The van der Waals surface area contributed by atoms with Crippen molar-refractivity contribution in [2.75, 3.05) is 12.8 Å². The van der Waals surface area contributed by atoms with Crippen molar-refractivity contribution in [1.29, 1.82) is 0 Å². The van der Waals surface area contributed by atoms with E-state index in [1.165, 1.54) is 6.07 Å². The molecule has 0 saturated carbocycles. The number of hydrogen-bond donors (Lipinski definition) is 1. The highest BCUT2D eigenvalue weighted by molar-refractivity contribution is 7.99. The molecule has 3 heteroatoms. The van der Waals surface area contributed by atoms with Gasteiger partial charge in [-0.1, -0.05) is 12.1 Å². The molecule has 1 unspecified atom stereocenters. The van der Waals surface area contributed by atoms with Gasteiger partial charge < -0.3 is 5.32 Å². The van der Waals surface area contributed by atoms with Crippen LogP contribution in [-0.2, 0) is 0 Å². The van der Waals surface area contributed by atoms with Crippen molar-refractivity contribution in [3.05, 3.63) is 42.7 Å². The average Bonchev–Trinajstić information content (AvgIpc) is 2.24. The third-order valence-corrected chi connectivity index (χ3v) is 3.26. The molecule has 1 nitrogen and oxygen atoms in total. The minimum Gasteiger partial charge on any atom is -0.316 e. The van der Waals surface area contributed by atoms with Crippen LogP contribution in [0.25, 0.3) is 0 Å². The normalized spacial score (nSPS) is 12.4. The number of thioether (sulfide) groups is 1. The van der Waals surface area contributed by atoms with E-state index in [0.29, 0.717) is 6.04 Å². The SMILES string of the molecule is C=CCC(CSc1cccc(F)c1)NC. The zero-order chi connectivity index (χ0) is 11.1. The van der Waals surface area contributed by atoms with Gasteiger partial charge in [0, 0.05) is 16.7 Å². The van der Waals surface area contributed by atoms with Crippen LogP contribution >= 0.6 is 11.8 Å². The first-order chi connectivity index (χ1) is 7.26. The van der Waals surface area contributed by atoms with E-state index in [-0.39, 0.29) is 5.82 Å². The van der Waals surface area contributed by atoms with Gasteiger partial charge in [-0.3, -0.25) is 0 Å². The van der Waals surface area contributed by atoms with E-state index in [0.717, 1.165) is 17.1 Å². The molecule has 1 atom stereocenters. The van der Waals surface area contributed by atoms with Gasteiger partial charge in [-0.15, -0.1) is 18.3 Å². The molecular formula is C12H16FNS. The van der Waals surface area contributed by atoms with Crippen LogP contribution in [0.15, 0.2) is 41.8 Å². The third-order valence-electron chi connectivity index (χ3n) is 2.11. The topological polar surface area (TPSA) is 12.0 Å². The Kier molecular flexibility index (Phi) is 5.43. The molecule has 15 heavy (non-hydrogen) atoms. The molecule has 0 aliphatic rings. The van der Waals surface area contributed by atoms with Gasteiger partial charge in [0.1, 0.15) is 5.82 Å². The predicted molar refractivity (Wildman–Crippen MR) is 64.8 cm³/mol. The first kappa shape index (κ1) is 12.3. The fourth-order valence-electron chi connectivity index (χ4n) is 1.22. The molecule has 0 fully saturated rings. The summed E-state index contributed by atoms with van der Waals surface area (Å²) in [6.07, 6.45) is 2.83. The van der Waals surface area contributed by atoms with Crippen molar-refractivity contribution in [2.24, 2.45) is 0 Å². The molecule has 82 valence electrons. The van der Waals surface area contributed by atoms with Crippen molar-refractivity contribution in [2.45, 2.75) is 17.4 Å². The summed E-state index contributed by atoms with van der Waals surface area (Å²) in [5, 5.41) is 3.20. The second-order valence-electron chi connectivity index (χ2n) is 3.28. The highest BCUT2D eigenvalue weighted by Crippen LogP contribution is 2.20. The molecule has 0 bridgehead atoms. The molecule has 0 spiro atoms. The van der Waals surface area contributed by atoms with Gasteiger partial charge >= 0.3 is 0 Å². The number of hydrogen-bond acceptors (Lipinski definition) is 2. The Morgan fingerprint density at radius 3 is 3.00 bits per heavy atom. The van der Waals surface area contributed by atoms with E-state index < -0.39 is 0 Å². The van der Waals surface area contributed by atoms with Crippen molar-refractivity contribution in [3.8, 4) is 0 Å². The maximum atomic E-state index is 12.9. The molecule has 1 aromatic rings. The monoisotopic (exact) mass is 225 g/mol. The molecule has 0 amide bonds. The molecule has 0 saturated heterocycles. The Bertz CT molecular complexity index is 314. The van der Waals surface area contributed by atoms with E-state index in [1.54, 1.807) is 23.9 Å². The quantitative estimate of drug-likeness (QED) is 0.590. The zero-order valence-corrected chi connectivity index (χ0v) is 9.69. The molecule has 1 aromatic carbocycles. The van der Waals surface area contributed by atoms with Crippen molar-refractivity contribution in [1.82, 2.24) is 5.32 Å². The zero-order valence-electron chi connectivity index (χ0n) is 8.87. The summed E-state index contributed by atoms with van der Waals surface area (Å²) in [4.78, 5) is 0.972. The summed E-state index contributed by atoms with van der Waals surface area (Å²) in [5.41, 5.74) is 0. The first-order valence-corrected chi connectivity index (χ1v) is 5.91. The number of halogens is 1. The van der Waals surface area contributed by atoms with Crippen LogP contribution in [-0.4, -0.2) is 18.8 Å². The lowest BCUT2D eigenvalue weighted by Crippen LogP contribution is -2.26. The highest BCUT2D eigenvalue weighted by Gasteiger charge is 2.04. The lowest BCUT2D eigenvalue weighted by molar-refractivity contribution is 0.622. The highest BCUT2D eigenvalue weighted by atomic mass is 32.2. The van der Waals surface area contributed by atoms with Gasteiger partial charge in [0.25, 0.3) is 0 Å². The van der Waals surface area contributed by atoms with Gasteiger partial charge in [-0.05, 0) is 31.7 Å². The maximum Gasteiger partial charge on any atom is 0.124 e. The minimum absolute atomic E-state index is 0.176. The van der Waals surface area contributed by atoms with E-state index in [2.05, 4.69) is 11.9 Å². The van der Waals surface area contributed by atoms with Crippen molar-refractivity contribution >= 4 is 11.8 Å². The van der Waals surface area contributed by atoms with Gasteiger partial charge in [0.2, 0.25) is 0 Å². The molecule has 0 radical (unpaired) electrons. The molecular weight excluding hydrogens is 209 g/mol. The van der Waals surface area contributed by atoms with E-state index in [4.69, 9.17) is 0 Å². The summed E-state index contributed by atoms with van der Waals surface area (Å²) in [5.74, 6) is 0.746. The Balaban J connectivity index is 2.44. The molecule has 1 N–H and O–H groups in total. The van der Waals surface area contributed by atoms with E-state index in [1.807, 2.05) is 19.2 Å². The second kappa shape index (κ2) is 6.64. The summed E-state index contributed by atoms with van der Waals surface area (Å²) in [6.45, 7) is 3.71. The van der Waals surface area contributed by atoms with Crippen molar-refractivity contribution in [3.63, 3.8) is 0 Å². The Morgan fingerprint density at radius 2 is 2.40 bits per heavy atom. The summed E-state index contributed by atoms with van der Waals surface area (Å²) >= 11 is 1.66. The van der Waals surface area contributed by atoms with Gasteiger partial charge in [0.05, 0.1) is 0 Å². The van der Waals surface area contributed by atoms with Crippen LogP contribution in [0.5, 0.6) is 0 Å². The Labute approximate surface area is 94.8 Å². The van der Waals surface area contributed by atoms with Gasteiger partial charge in [0.15, 0.2) is 0 Å². The van der Waals surface area contributed by atoms with Crippen molar-refractivity contribution < 1.29 is 4.39 Å². The summed E-state index contributed by atoms with van der Waals surface area (Å²) in [6, 6.07) is 7.08. The standard InChI is InChI=1S/C12H16FNS/c1-3-5-11(14-2)9-15-12-7-4-6-10(13)8-12/h3-4,6-8,11,14H,1,5,9H2,2H3. The number of rotatable bonds is 6.